The summed E-state index contributed by atoms with van der Waals surface area (Å²) in [6.07, 6.45) is 2.49. The van der Waals surface area contributed by atoms with Crippen LogP contribution in [0.2, 0.25) is 5.02 Å². The first-order valence-corrected chi connectivity index (χ1v) is 11.0. The van der Waals surface area contributed by atoms with Gasteiger partial charge in [0.1, 0.15) is 0 Å². The molecule has 1 aromatic heterocycles. The summed E-state index contributed by atoms with van der Waals surface area (Å²) in [5, 5.41) is 14.2. The smallest absolute Gasteiger partial charge is 0.233 e. The van der Waals surface area contributed by atoms with Crippen LogP contribution in [0.3, 0.4) is 0 Å². The number of carbonyl (C=O) groups is 1. The van der Waals surface area contributed by atoms with Crippen molar-refractivity contribution < 1.29 is 9.32 Å². The van der Waals surface area contributed by atoms with Crippen LogP contribution in [0.15, 0.2) is 33.8 Å². The Bertz CT molecular complexity index is 861. The van der Waals surface area contributed by atoms with Gasteiger partial charge in [-0.3, -0.25) is 14.7 Å². The number of rotatable bonds is 8. The first-order chi connectivity index (χ1) is 15.1. The Kier molecular flexibility index (Phi) is 8.66. The van der Waals surface area contributed by atoms with E-state index in [1.165, 1.54) is 0 Å². The third kappa shape index (κ3) is 7.22. The van der Waals surface area contributed by atoms with E-state index >= 15 is 0 Å². The van der Waals surface area contributed by atoms with Crippen LogP contribution in [0.1, 0.15) is 25.7 Å². The minimum absolute atomic E-state index is 0.0570. The SMILES string of the molecule is CCNC(=NCCc1nc(-c2ccc(Cl)cc2)no1)NC1CCN(CC(=O)NC)CC1. The molecule has 0 aliphatic carbocycles. The second-order valence-corrected chi connectivity index (χ2v) is 7.83. The lowest BCUT2D eigenvalue weighted by molar-refractivity contribution is -0.122. The Hall–Kier alpha value is -2.65. The summed E-state index contributed by atoms with van der Waals surface area (Å²) in [6, 6.07) is 7.66. The number of hydrogen-bond acceptors (Lipinski definition) is 6. The molecule has 2 aromatic rings. The van der Waals surface area contributed by atoms with Gasteiger partial charge in [0.25, 0.3) is 0 Å². The number of hydrogen-bond donors (Lipinski definition) is 3. The Labute approximate surface area is 187 Å². The minimum atomic E-state index is 0.0570. The zero-order valence-corrected chi connectivity index (χ0v) is 18.8. The molecule has 1 aliphatic rings. The van der Waals surface area contributed by atoms with Crippen LogP contribution in [0.25, 0.3) is 11.4 Å². The van der Waals surface area contributed by atoms with Crippen molar-refractivity contribution in [1.29, 1.82) is 0 Å². The van der Waals surface area contributed by atoms with Crippen molar-refractivity contribution in [2.24, 2.45) is 4.99 Å². The summed E-state index contributed by atoms with van der Waals surface area (Å²) in [6.45, 7) is 5.59. The van der Waals surface area contributed by atoms with E-state index in [9.17, 15) is 4.79 Å². The highest BCUT2D eigenvalue weighted by Crippen LogP contribution is 2.18. The molecule has 1 aliphatic heterocycles. The predicted molar refractivity (Wildman–Crippen MR) is 121 cm³/mol. The molecule has 31 heavy (non-hydrogen) atoms. The number of likely N-dealkylation sites (N-methyl/N-ethyl adjacent to an activating group) is 1. The van der Waals surface area contributed by atoms with Gasteiger partial charge in [-0.2, -0.15) is 4.98 Å². The molecule has 1 amide bonds. The molecular weight excluding hydrogens is 418 g/mol. The monoisotopic (exact) mass is 447 g/mol. The molecule has 168 valence electrons. The van der Waals surface area contributed by atoms with Crippen LogP contribution >= 0.6 is 11.6 Å². The van der Waals surface area contributed by atoms with Crippen molar-refractivity contribution in [3.63, 3.8) is 0 Å². The molecule has 0 spiro atoms. The number of amides is 1. The van der Waals surface area contributed by atoms with E-state index in [0.29, 0.717) is 42.3 Å². The van der Waals surface area contributed by atoms with Gasteiger partial charge in [-0.05, 0) is 44.0 Å². The number of likely N-dealkylation sites (tertiary alicyclic amines) is 1. The van der Waals surface area contributed by atoms with Gasteiger partial charge in [-0.15, -0.1) is 0 Å². The van der Waals surface area contributed by atoms with Crippen molar-refractivity contribution >= 4 is 23.5 Å². The fraction of sp³-hybridized carbons (Fsp3) is 0.524. The Balaban J connectivity index is 1.48. The summed E-state index contributed by atoms with van der Waals surface area (Å²) in [4.78, 5) is 22.8. The molecule has 1 aromatic carbocycles. The average molecular weight is 448 g/mol. The lowest BCUT2D eigenvalue weighted by atomic mass is 10.1. The predicted octanol–water partition coefficient (Wildman–Crippen LogP) is 1.70. The maximum Gasteiger partial charge on any atom is 0.233 e. The second kappa shape index (κ2) is 11.7. The summed E-state index contributed by atoms with van der Waals surface area (Å²) < 4.78 is 5.35. The van der Waals surface area contributed by atoms with Gasteiger partial charge in [-0.1, -0.05) is 16.8 Å². The van der Waals surface area contributed by atoms with E-state index in [2.05, 4.69) is 36.0 Å². The number of carbonyl (C=O) groups excluding carboxylic acids is 1. The number of piperidine rings is 1. The summed E-state index contributed by atoms with van der Waals surface area (Å²) >= 11 is 5.92. The molecule has 0 saturated carbocycles. The van der Waals surface area contributed by atoms with E-state index in [1.807, 2.05) is 19.1 Å². The first-order valence-electron chi connectivity index (χ1n) is 10.6. The lowest BCUT2D eigenvalue weighted by Crippen LogP contribution is -2.50. The zero-order valence-electron chi connectivity index (χ0n) is 18.0. The van der Waals surface area contributed by atoms with Crippen LogP contribution in [0.5, 0.6) is 0 Å². The number of aliphatic imine (C=N–C) groups is 1. The molecule has 0 radical (unpaired) electrons. The summed E-state index contributed by atoms with van der Waals surface area (Å²) in [5.41, 5.74) is 0.862. The van der Waals surface area contributed by atoms with Gasteiger partial charge in [-0.25, -0.2) is 0 Å². The van der Waals surface area contributed by atoms with Gasteiger partial charge >= 0.3 is 0 Å². The van der Waals surface area contributed by atoms with Crippen molar-refractivity contribution in [2.75, 3.05) is 39.8 Å². The Morgan fingerprint density at radius 1 is 1.29 bits per heavy atom. The fourth-order valence-corrected chi connectivity index (χ4v) is 3.49. The van der Waals surface area contributed by atoms with Gasteiger partial charge in [0.2, 0.25) is 17.6 Å². The number of benzene rings is 1. The average Bonchev–Trinajstić information content (AvgIpc) is 3.24. The first kappa shape index (κ1) is 23.0. The van der Waals surface area contributed by atoms with Crippen LogP contribution in [0.4, 0.5) is 0 Å². The van der Waals surface area contributed by atoms with Crippen molar-refractivity contribution in [3.8, 4) is 11.4 Å². The van der Waals surface area contributed by atoms with Crippen molar-refractivity contribution in [2.45, 2.75) is 32.2 Å². The van der Waals surface area contributed by atoms with Crippen LogP contribution in [-0.4, -0.2) is 72.7 Å². The highest BCUT2D eigenvalue weighted by molar-refractivity contribution is 6.30. The molecule has 3 rings (SSSR count). The van der Waals surface area contributed by atoms with Crippen LogP contribution < -0.4 is 16.0 Å². The van der Waals surface area contributed by atoms with Gasteiger partial charge in [0, 0.05) is 49.7 Å². The normalized spacial score (nSPS) is 15.6. The second-order valence-electron chi connectivity index (χ2n) is 7.40. The highest BCUT2D eigenvalue weighted by Gasteiger charge is 2.21. The number of aromatic nitrogens is 2. The van der Waals surface area contributed by atoms with Gasteiger partial charge < -0.3 is 20.5 Å². The number of nitrogens with one attached hydrogen (secondary N) is 3. The standard InChI is InChI=1S/C21H30ClN7O2/c1-3-24-21(26-17-9-12-29(13-10-17)14-18(30)23-2)25-11-8-19-27-20(28-31-19)15-4-6-16(22)7-5-15/h4-7,17H,3,8-14H2,1-2H3,(H,23,30)(H2,24,25,26). The third-order valence-corrected chi connectivity index (χ3v) is 5.34. The molecule has 1 fully saturated rings. The molecule has 0 atom stereocenters. The van der Waals surface area contributed by atoms with E-state index in [-0.39, 0.29) is 5.91 Å². The maximum absolute atomic E-state index is 11.5. The van der Waals surface area contributed by atoms with E-state index in [4.69, 9.17) is 16.1 Å². The topological polar surface area (TPSA) is 108 Å². The van der Waals surface area contributed by atoms with Crippen LogP contribution in [-0.2, 0) is 11.2 Å². The molecule has 3 N–H and O–H groups in total. The van der Waals surface area contributed by atoms with E-state index < -0.39 is 0 Å². The van der Waals surface area contributed by atoms with Gasteiger partial charge in [0.05, 0.1) is 13.1 Å². The third-order valence-electron chi connectivity index (χ3n) is 5.08. The highest BCUT2D eigenvalue weighted by atomic mass is 35.5. The summed E-state index contributed by atoms with van der Waals surface area (Å²) in [5.74, 6) is 1.93. The fourth-order valence-electron chi connectivity index (χ4n) is 3.37. The van der Waals surface area contributed by atoms with Gasteiger partial charge in [0.15, 0.2) is 5.96 Å². The lowest BCUT2D eigenvalue weighted by Gasteiger charge is -2.32. The molecule has 10 heteroatoms. The Morgan fingerprint density at radius 2 is 2.03 bits per heavy atom. The quantitative estimate of drug-likeness (QED) is 0.417. The van der Waals surface area contributed by atoms with Crippen molar-refractivity contribution in [3.05, 3.63) is 35.2 Å². The summed E-state index contributed by atoms with van der Waals surface area (Å²) in [7, 11) is 1.67. The Morgan fingerprint density at radius 3 is 2.71 bits per heavy atom. The minimum Gasteiger partial charge on any atom is -0.358 e. The van der Waals surface area contributed by atoms with Crippen molar-refractivity contribution in [1.82, 2.24) is 31.0 Å². The molecule has 1 saturated heterocycles. The molecule has 2 heterocycles. The number of halogens is 1. The maximum atomic E-state index is 11.5. The van der Waals surface area contributed by atoms with E-state index in [1.54, 1.807) is 19.2 Å². The molecular formula is C21H30ClN7O2. The zero-order chi connectivity index (χ0) is 22.1. The van der Waals surface area contributed by atoms with E-state index in [0.717, 1.165) is 44.0 Å². The largest absolute Gasteiger partial charge is 0.358 e. The molecule has 0 bridgehead atoms. The van der Waals surface area contributed by atoms with Crippen LogP contribution in [0, 0.1) is 0 Å². The molecule has 0 unspecified atom stereocenters. The molecule has 9 nitrogen and oxygen atoms in total. The number of guanidine groups is 1. The number of nitrogens with zero attached hydrogens (tertiary/aromatic N) is 4.